The van der Waals surface area contributed by atoms with E-state index in [1.165, 1.54) is 22.4 Å². The van der Waals surface area contributed by atoms with Crippen LogP contribution in [0.25, 0.3) is 10.2 Å². The minimum absolute atomic E-state index is 0.665. The van der Waals surface area contributed by atoms with Crippen molar-refractivity contribution >= 4 is 32.4 Å². The first kappa shape index (κ1) is 13.6. The fraction of sp³-hybridized carbons (Fsp3) is 0.278. The fourth-order valence-corrected chi connectivity index (χ4v) is 4.05. The summed E-state index contributed by atoms with van der Waals surface area (Å²) in [6.45, 7) is 3.70. The maximum Gasteiger partial charge on any atom is 0.191 e. The van der Waals surface area contributed by atoms with Crippen LogP contribution in [0.2, 0.25) is 0 Å². The Bertz CT molecular complexity index is 812. The van der Waals surface area contributed by atoms with E-state index in [9.17, 15) is 0 Å². The molecule has 1 aromatic heterocycles. The normalized spacial score (nSPS) is 14.1. The third-order valence-electron chi connectivity index (χ3n) is 4.01. The smallest absolute Gasteiger partial charge is 0.191 e. The van der Waals surface area contributed by atoms with Crippen LogP contribution in [0.4, 0.5) is 10.8 Å². The quantitative estimate of drug-likeness (QED) is 0.696. The van der Waals surface area contributed by atoms with E-state index in [-0.39, 0.29) is 0 Å². The maximum absolute atomic E-state index is 5.71. The van der Waals surface area contributed by atoms with E-state index < -0.39 is 0 Å². The van der Waals surface area contributed by atoms with Gasteiger partial charge in [-0.05, 0) is 43.5 Å². The Morgan fingerprint density at radius 2 is 2.09 bits per heavy atom. The van der Waals surface area contributed by atoms with E-state index in [2.05, 4.69) is 35.2 Å². The van der Waals surface area contributed by atoms with Crippen LogP contribution >= 0.6 is 11.3 Å². The molecule has 4 rings (SSSR count). The van der Waals surface area contributed by atoms with E-state index in [1.54, 1.807) is 11.3 Å². The second kappa shape index (κ2) is 5.61. The summed E-state index contributed by atoms with van der Waals surface area (Å²) in [5.74, 6) is 0.882. The summed E-state index contributed by atoms with van der Waals surface area (Å²) in [7, 11) is 0. The van der Waals surface area contributed by atoms with Gasteiger partial charge in [0.2, 0.25) is 0 Å². The van der Waals surface area contributed by atoms with Crippen LogP contribution in [0.5, 0.6) is 5.75 Å². The van der Waals surface area contributed by atoms with Crippen LogP contribution in [0.1, 0.15) is 18.9 Å². The Labute approximate surface area is 134 Å². The highest BCUT2D eigenvalue weighted by Crippen LogP contribution is 2.39. The van der Waals surface area contributed by atoms with Gasteiger partial charge in [-0.2, -0.15) is 0 Å². The number of hydrogen-bond donors (Lipinski definition) is 0. The van der Waals surface area contributed by atoms with Gasteiger partial charge in [-0.25, -0.2) is 4.98 Å². The van der Waals surface area contributed by atoms with Gasteiger partial charge in [0.05, 0.1) is 11.3 Å². The van der Waals surface area contributed by atoms with Crippen LogP contribution in [0, 0.1) is 0 Å². The Morgan fingerprint density at radius 3 is 3.00 bits per heavy atom. The SMILES string of the molecule is CCOc1cccc2sc(N3CCCc4ccccc43)nc12. The molecule has 1 aliphatic heterocycles. The highest BCUT2D eigenvalue weighted by atomic mass is 32.1. The van der Waals surface area contributed by atoms with E-state index in [0.29, 0.717) is 6.61 Å². The number of benzene rings is 2. The monoisotopic (exact) mass is 310 g/mol. The van der Waals surface area contributed by atoms with Gasteiger partial charge >= 0.3 is 0 Å². The Hall–Kier alpha value is -2.07. The lowest BCUT2D eigenvalue weighted by atomic mass is 10.0. The standard InChI is InChI=1S/C18H18N2OS/c1-2-21-15-10-5-11-16-17(15)19-18(22-16)20-12-6-8-13-7-3-4-9-14(13)20/h3-5,7,9-11H,2,6,8,12H2,1H3. The first-order valence-electron chi connectivity index (χ1n) is 7.74. The number of para-hydroxylation sites is 2. The average Bonchev–Trinajstić information content (AvgIpc) is 2.99. The van der Waals surface area contributed by atoms with Gasteiger partial charge in [-0.15, -0.1) is 0 Å². The molecule has 3 aromatic rings. The van der Waals surface area contributed by atoms with Crippen LogP contribution in [0.3, 0.4) is 0 Å². The molecule has 2 heterocycles. The average molecular weight is 310 g/mol. The topological polar surface area (TPSA) is 25.4 Å². The summed E-state index contributed by atoms with van der Waals surface area (Å²) in [5, 5.41) is 1.06. The van der Waals surface area contributed by atoms with E-state index in [1.807, 2.05) is 19.1 Å². The first-order chi connectivity index (χ1) is 10.9. The molecule has 3 nitrogen and oxygen atoms in total. The van der Waals surface area contributed by atoms with Crippen molar-refractivity contribution in [3.63, 3.8) is 0 Å². The molecule has 0 bridgehead atoms. The molecule has 0 saturated carbocycles. The molecule has 1 aliphatic rings. The lowest BCUT2D eigenvalue weighted by Gasteiger charge is -2.28. The number of fused-ring (bicyclic) bond motifs is 2. The molecule has 0 unspecified atom stereocenters. The molecule has 0 atom stereocenters. The molecule has 22 heavy (non-hydrogen) atoms. The zero-order valence-corrected chi connectivity index (χ0v) is 13.4. The number of ether oxygens (including phenoxy) is 1. The van der Waals surface area contributed by atoms with Crippen molar-refractivity contribution < 1.29 is 4.74 Å². The molecule has 112 valence electrons. The number of thiazole rings is 1. The van der Waals surface area contributed by atoms with E-state index in [0.717, 1.165) is 29.4 Å². The molecular formula is C18H18N2OS. The van der Waals surface area contributed by atoms with E-state index in [4.69, 9.17) is 9.72 Å². The van der Waals surface area contributed by atoms with Gasteiger partial charge < -0.3 is 9.64 Å². The lowest BCUT2D eigenvalue weighted by molar-refractivity contribution is 0.344. The van der Waals surface area contributed by atoms with Crippen molar-refractivity contribution in [2.75, 3.05) is 18.1 Å². The third kappa shape index (κ3) is 2.24. The maximum atomic E-state index is 5.71. The van der Waals surface area contributed by atoms with Crippen molar-refractivity contribution in [3.8, 4) is 5.75 Å². The summed E-state index contributed by atoms with van der Waals surface area (Å²) < 4.78 is 6.90. The van der Waals surface area contributed by atoms with Crippen LogP contribution in [-0.2, 0) is 6.42 Å². The summed E-state index contributed by atoms with van der Waals surface area (Å²) in [6.07, 6.45) is 2.33. The molecule has 0 fully saturated rings. The van der Waals surface area contributed by atoms with Crippen molar-refractivity contribution in [1.82, 2.24) is 4.98 Å². The highest BCUT2D eigenvalue weighted by molar-refractivity contribution is 7.22. The molecule has 0 aliphatic carbocycles. The zero-order valence-electron chi connectivity index (χ0n) is 12.6. The number of nitrogens with zero attached hydrogens (tertiary/aromatic N) is 2. The summed E-state index contributed by atoms with van der Waals surface area (Å²) in [4.78, 5) is 7.22. The molecule has 0 spiro atoms. The van der Waals surface area contributed by atoms with Gasteiger partial charge in [0, 0.05) is 12.2 Å². The summed E-state index contributed by atoms with van der Waals surface area (Å²) in [5.41, 5.74) is 3.69. The first-order valence-corrected chi connectivity index (χ1v) is 8.56. The number of rotatable bonds is 3. The van der Waals surface area contributed by atoms with E-state index >= 15 is 0 Å². The van der Waals surface area contributed by atoms with Gasteiger partial charge in [-0.3, -0.25) is 0 Å². The predicted molar refractivity (Wildman–Crippen MR) is 92.6 cm³/mol. The van der Waals surface area contributed by atoms with Crippen LogP contribution < -0.4 is 9.64 Å². The van der Waals surface area contributed by atoms with Crippen LogP contribution in [-0.4, -0.2) is 18.1 Å². The minimum Gasteiger partial charge on any atom is -0.492 e. The predicted octanol–water partition coefficient (Wildman–Crippen LogP) is 4.78. The van der Waals surface area contributed by atoms with Gasteiger partial charge in [0.25, 0.3) is 0 Å². The van der Waals surface area contributed by atoms with Crippen molar-refractivity contribution in [2.45, 2.75) is 19.8 Å². The van der Waals surface area contributed by atoms with Gasteiger partial charge in [0.15, 0.2) is 5.13 Å². The second-order valence-corrected chi connectivity index (χ2v) is 6.43. The molecule has 4 heteroatoms. The number of hydrogen-bond acceptors (Lipinski definition) is 4. The van der Waals surface area contributed by atoms with Crippen molar-refractivity contribution in [2.24, 2.45) is 0 Å². The third-order valence-corrected chi connectivity index (χ3v) is 5.06. The largest absolute Gasteiger partial charge is 0.492 e. The Morgan fingerprint density at radius 1 is 1.18 bits per heavy atom. The molecule has 0 amide bonds. The Balaban J connectivity index is 1.81. The number of aromatic nitrogens is 1. The number of aryl methyl sites for hydroxylation is 1. The zero-order chi connectivity index (χ0) is 14.9. The van der Waals surface area contributed by atoms with Crippen molar-refractivity contribution in [3.05, 3.63) is 48.0 Å². The number of anilines is 2. The van der Waals surface area contributed by atoms with Gasteiger partial charge in [-0.1, -0.05) is 35.6 Å². The molecule has 0 N–H and O–H groups in total. The van der Waals surface area contributed by atoms with Crippen LogP contribution in [0.15, 0.2) is 42.5 Å². The molecule has 0 saturated heterocycles. The molecular weight excluding hydrogens is 292 g/mol. The molecule has 0 radical (unpaired) electrons. The second-order valence-electron chi connectivity index (χ2n) is 5.42. The highest BCUT2D eigenvalue weighted by Gasteiger charge is 2.21. The molecule has 2 aromatic carbocycles. The summed E-state index contributed by atoms with van der Waals surface area (Å²) in [6, 6.07) is 14.8. The lowest BCUT2D eigenvalue weighted by Crippen LogP contribution is -2.24. The Kier molecular flexibility index (Phi) is 3.47. The van der Waals surface area contributed by atoms with Gasteiger partial charge in [0.1, 0.15) is 11.3 Å². The van der Waals surface area contributed by atoms with Crippen molar-refractivity contribution in [1.29, 1.82) is 0 Å². The fourth-order valence-electron chi connectivity index (χ4n) is 3.03. The summed E-state index contributed by atoms with van der Waals surface area (Å²) >= 11 is 1.74. The minimum atomic E-state index is 0.665.